The smallest absolute Gasteiger partial charge is 0.407 e. The first-order valence-corrected chi connectivity index (χ1v) is 11.0. The van der Waals surface area contributed by atoms with Gasteiger partial charge in [0.1, 0.15) is 11.4 Å². The quantitative estimate of drug-likeness (QED) is 0.535. The zero-order valence-corrected chi connectivity index (χ0v) is 19.3. The van der Waals surface area contributed by atoms with Crippen molar-refractivity contribution >= 4 is 29.5 Å². The number of nitrogens with one attached hydrogen (secondary N) is 1. The molecule has 0 radical (unpaired) electrons. The van der Waals surface area contributed by atoms with E-state index < -0.39 is 6.09 Å². The maximum atomic E-state index is 13.4. The second kappa shape index (κ2) is 9.73. The van der Waals surface area contributed by atoms with Crippen molar-refractivity contribution in [1.29, 1.82) is 0 Å². The number of likely N-dealkylation sites (N-methyl/N-ethyl adjacent to an activating group) is 2. The molecule has 178 valence electrons. The monoisotopic (exact) mass is 465 g/mol. The highest BCUT2D eigenvalue weighted by Gasteiger charge is 2.28. The molecular formula is C22H27N9O3. The van der Waals surface area contributed by atoms with Crippen molar-refractivity contribution in [3.05, 3.63) is 47.9 Å². The van der Waals surface area contributed by atoms with Gasteiger partial charge in [0.05, 0.1) is 17.6 Å². The molecule has 1 aliphatic heterocycles. The number of hydrogen-bond donors (Lipinski definition) is 2. The summed E-state index contributed by atoms with van der Waals surface area (Å²) < 4.78 is 1.62. The van der Waals surface area contributed by atoms with Crippen LogP contribution in [0, 0.1) is 0 Å². The normalized spacial score (nSPS) is 13.4. The fourth-order valence-corrected chi connectivity index (χ4v) is 3.63. The Balaban J connectivity index is 1.57. The molecule has 34 heavy (non-hydrogen) atoms. The first kappa shape index (κ1) is 23.0. The lowest BCUT2D eigenvalue weighted by Gasteiger charge is -2.21. The second-order valence-corrected chi connectivity index (χ2v) is 7.97. The van der Waals surface area contributed by atoms with Crippen molar-refractivity contribution in [2.45, 2.75) is 13.3 Å². The summed E-state index contributed by atoms with van der Waals surface area (Å²) in [6, 6.07) is 7.48. The number of carboxylic acid groups (broad SMARTS) is 1. The molecule has 1 aromatic carbocycles. The van der Waals surface area contributed by atoms with E-state index in [1.54, 1.807) is 22.0 Å². The van der Waals surface area contributed by atoms with Crippen LogP contribution in [0.1, 0.15) is 23.0 Å². The molecule has 0 spiro atoms. The Labute approximate surface area is 196 Å². The maximum absolute atomic E-state index is 13.4. The van der Waals surface area contributed by atoms with Gasteiger partial charge in [0.2, 0.25) is 5.95 Å². The van der Waals surface area contributed by atoms with Gasteiger partial charge in [-0.15, -0.1) is 5.10 Å². The van der Waals surface area contributed by atoms with E-state index in [0.717, 1.165) is 11.4 Å². The van der Waals surface area contributed by atoms with Crippen LogP contribution < -0.4 is 15.1 Å². The molecule has 0 aliphatic carbocycles. The summed E-state index contributed by atoms with van der Waals surface area (Å²) in [5, 5.41) is 20.4. The van der Waals surface area contributed by atoms with Gasteiger partial charge < -0.3 is 25.1 Å². The van der Waals surface area contributed by atoms with Crippen molar-refractivity contribution in [3.8, 4) is 5.69 Å². The van der Waals surface area contributed by atoms with Gasteiger partial charge in [-0.1, -0.05) is 11.3 Å². The Morgan fingerprint density at radius 3 is 2.82 bits per heavy atom. The average molecular weight is 466 g/mol. The van der Waals surface area contributed by atoms with E-state index in [1.807, 2.05) is 43.1 Å². The fourth-order valence-electron chi connectivity index (χ4n) is 3.63. The Hall–Kier alpha value is -4.22. The summed E-state index contributed by atoms with van der Waals surface area (Å²) in [5.41, 5.74) is 2.58. The second-order valence-electron chi connectivity index (χ2n) is 7.97. The topological polar surface area (TPSA) is 133 Å². The lowest BCUT2D eigenvalue weighted by atomic mass is 10.2. The average Bonchev–Trinajstić information content (AvgIpc) is 3.27. The number of carbonyl (C=O) groups excluding carboxylic acids is 1. The lowest BCUT2D eigenvalue weighted by Crippen LogP contribution is -2.33. The molecule has 0 bridgehead atoms. The number of hydrogen-bond acceptors (Lipinski definition) is 8. The SMILES string of the molecule is CCNc1ncc2c(n1)N(C)CCN(c1cccc(-n3cc(CCN(C)C(=O)O)nn3)c1)C2=O. The van der Waals surface area contributed by atoms with Crippen molar-refractivity contribution < 1.29 is 14.7 Å². The van der Waals surface area contributed by atoms with Crippen LogP contribution in [-0.2, 0) is 6.42 Å². The molecule has 4 rings (SSSR count). The Morgan fingerprint density at radius 2 is 2.06 bits per heavy atom. The predicted octanol–water partition coefficient (Wildman–Crippen LogP) is 1.74. The van der Waals surface area contributed by atoms with Gasteiger partial charge in [-0.2, -0.15) is 4.98 Å². The third-order valence-corrected chi connectivity index (χ3v) is 5.58. The molecular weight excluding hydrogens is 438 g/mol. The van der Waals surface area contributed by atoms with E-state index in [0.29, 0.717) is 55.6 Å². The Bertz CT molecular complexity index is 1200. The summed E-state index contributed by atoms with van der Waals surface area (Å²) >= 11 is 0. The van der Waals surface area contributed by atoms with Crippen LogP contribution in [0.15, 0.2) is 36.7 Å². The summed E-state index contributed by atoms with van der Waals surface area (Å²) in [6.07, 6.45) is 2.79. The van der Waals surface area contributed by atoms with Gasteiger partial charge in [-0.3, -0.25) is 4.79 Å². The van der Waals surface area contributed by atoms with Gasteiger partial charge in [-0.25, -0.2) is 14.5 Å². The Morgan fingerprint density at radius 1 is 1.26 bits per heavy atom. The van der Waals surface area contributed by atoms with Crippen LogP contribution in [0.4, 0.5) is 22.2 Å². The highest BCUT2D eigenvalue weighted by Crippen LogP contribution is 2.27. The van der Waals surface area contributed by atoms with E-state index in [2.05, 4.69) is 25.6 Å². The van der Waals surface area contributed by atoms with Gasteiger partial charge >= 0.3 is 6.09 Å². The summed E-state index contributed by atoms with van der Waals surface area (Å²) in [7, 11) is 3.42. The summed E-state index contributed by atoms with van der Waals surface area (Å²) in [6.45, 7) is 4.06. The number of amides is 2. The maximum Gasteiger partial charge on any atom is 0.407 e. The number of rotatable bonds is 7. The molecule has 2 N–H and O–H groups in total. The van der Waals surface area contributed by atoms with Crippen molar-refractivity contribution in [1.82, 2.24) is 29.9 Å². The van der Waals surface area contributed by atoms with Crippen molar-refractivity contribution in [2.24, 2.45) is 0 Å². The van der Waals surface area contributed by atoms with E-state index in [-0.39, 0.29) is 5.91 Å². The lowest BCUT2D eigenvalue weighted by molar-refractivity contribution is 0.0989. The molecule has 3 heterocycles. The Kier molecular flexibility index (Phi) is 6.57. The van der Waals surface area contributed by atoms with E-state index in [1.165, 1.54) is 11.9 Å². The molecule has 0 saturated carbocycles. The van der Waals surface area contributed by atoms with Crippen LogP contribution >= 0.6 is 0 Å². The molecule has 0 unspecified atom stereocenters. The van der Waals surface area contributed by atoms with Gasteiger partial charge in [0.15, 0.2) is 0 Å². The highest BCUT2D eigenvalue weighted by molar-refractivity contribution is 6.09. The van der Waals surface area contributed by atoms with Crippen LogP contribution in [-0.4, -0.2) is 87.2 Å². The fraction of sp³-hybridized carbons (Fsp3) is 0.364. The number of aromatic nitrogens is 5. The van der Waals surface area contributed by atoms with Crippen molar-refractivity contribution in [2.75, 3.05) is 55.4 Å². The third kappa shape index (κ3) is 4.75. The summed E-state index contributed by atoms with van der Waals surface area (Å²) in [4.78, 5) is 38.1. The molecule has 0 saturated heterocycles. The zero-order valence-electron chi connectivity index (χ0n) is 19.3. The molecule has 1 aliphatic rings. The first-order chi connectivity index (χ1) is 16.4. The first-order valence-electron chi connectivity index (χ1n) is 11.0. The standard InChI is InChI=1S/C22H27N9O3/c1-4-23-21-24-13-18-19(25-21)28(2)10-11-30(20(18)32)16-6-5-7-17(12-16)31-14-15(26-27-31)8-9-29(3)22(33)34/h5-7,12-14H,4,8-11H2,1-3H3,(H,33,34)(H,23,24,25). The number of carbonyl (C=O) groups is 2. The molecule has 0 atom stereocenters. The number of nitrogens with zero attached hydrogens (tertiary/aromatic N) is 8. The molecule has 12 nitrogen and oxygen atoms in total. The zero-order chi connectivity index (χ0) is 24.2. The van der Waals surface area contributed by atoms with Gasteiger partial charge in [0, 0.05) is 58.6 Å². The minimum absolute atomic E-state index is 0.171. The highest BCUT2D eigenvalue weighted by atomic mass is 16.4. The molecule has 12 heteroatoms. The number of benzene rings is 1. The van der Waals surface area contributed by atoms with Crippen molar-refractivity contribution in [3.63, 3.8) is 0 Å². The van der Waals surface area contributed by atoms with E-state index in [4.69, 9.17) is 5.11 Å². The number of anilines is 3. The third-order valence-electron chi connectivity index (χ3n) is 5.58. The largest absolute Gasteiger partial charge is 0.465 e. The number of fused-ring (bicyclic) bond motifs is 1. The van der Waals surface area contributed by atoms with Crippen LogP contribution in [0.3, 0.4) is 0 Å². The van der Waals surface area contributed by atoms with Crippen LogP contribution in [0.5, 0.6) is 0 Å². The van der Waals surface area contributed by atoms with Crippen LogP contribution in [0.25, 0.3) is 5.69 Å². The van der Waals surface area contributed by atoms with E-state index in [9.17, 15) is 9.59 Å². The minimum Gasteiger partial charge on any atom is -0.465 e. The van der Waals surface area contributed by atoms with E-state index >= 15 is 0 Å². The van der Waals surface area contributed by atoms with Crippen LogP contribution in [0.2, 0.25) is 0 Å². The van der Waals surface area contributed by atoms with Gasteiger partial charge in [-0.05, 0) is 25.1 Å². The molecule has 0 fully saturated rings. The predicted molar refractivity (Wildman–Crippen MR) is 127 cm³/mol. The van der Waals surface area contributed by atoms with Gasteiger partial charge in [0.25, 0.3) is 5.91 Å². The minimum atomic E-state index is -0.988. The summed E-state index contributed by atoms with van der Waals surface area (Å²) in [5.74, 6) is 0.922. The molecule has 2 amide bonds. The molecule has 3 aromatic rings. The molecule has 2 aromatic heterocycles.